The van der Waals surface area contributed by atoms with Crippen LogP contribution in [-0.4, -0.2) is 21.3 Å². The van der Waals surface area contributed by atoms with Crippen LogP contribution in [0.3, 0.4) is 0 Å². The number of rotatable bonds is 8. The van der Waals surface area contributed by atoms with E-state index in [9.17, 15) is 8.42 Å². The lowest BCUT2D eigenvalue weighted by Crippen LogP contribution is -2.01. The molecule has 0 heterocycles. The minimum Gasteiger partial charge on any atom is -0.266 e. The lowest BCUT2D eigenvalue weighted by molar-refractivity contribution is 0.361. The molecule has 0 aromatic heterocycles. The highest BCUT2D eigenvalue weighted by Gasteiger charge is 1.97. The molecule has 0 atom stereocenters. The Morgan fingerprint density at radius 1 is 1.11 bits per heavy atom. The molecule has 100 valence electrons. The van der Waals surface area contributed by atoms with E-state index in [-0.39, 0.29) is 6.61 Å². The van der Waals surface area contributed by atoms with E-state index < -0.39 is 10.1 Å². The first kappa shape index (κ1) is 14.9. The molecule has 1 aromatic rings. The normalized spacial score (nSPS) is 12.1. The summed E-state index contributed by atoms with van der Waals surface area (Å²) in [7, 11) is -3.31. The highest BCUT2D eigenvalue weighted by molar-refractivity contribution is 7.85. The lowest BCUT2D eigenvalue weighted by atomic mass is 10.1. The number of unbranched alkanes of at least 4 members (excludes halogenated alkanes) is 2. The van der Waals surface area contributed by atoms with Crippen molar-refractivity contribution in [2.45, 2.75) is 25.7 Å². The van der Waals surface area contributed by atoms with E-state index in [2.05, 4.69) is 28.4 Å². The van der Waals surface area contributed by atoms with Gasteiger partial charge in [-0.05, 0) is 31.2 Å². The Balaban J connectivity index is 2.04. The van der Waals surface area contributed by atoms with Crippen molar-refractivity contribution >= 4 is 10.1 Å². The molecule has 0 unspecified atom stereocenters. The van der Waals surface area contributed by atoms with Crippen LogP contribution in [0.25, 0.3) is 0 Å². The van der Waals surface area contributed by atoms with Gasteiger partial charge in [0.05, 0.1) is 12.9 Å². The number of hydrogen-bond donors (Lipinski definition) is 0. The summed E-state index contributed by atoms with van der Waals surface area (Å²) in [6, 6.07) is 10.4. The van der Waals surface area contributed by atoms with Gasteiger partial charge in [-0.3, -0.25) is 4.18 Å². The molecule has 4 heteroatoms. The summed E-state index contributed by atoms with van der Waals surface area (Å²) >= 11 is 0. The van der Waals surface area contributed by atoms with E-state index >= 15 is 0 Å². The van der Waals surface area contributed by atoms with Crippen LogP contribution in [0.1, 0.15) is 24.8 Å². The highest BCUT2D eigenvalue weighted by Crippen LogP contribution is 2.06. The van der Waals surface area contributed by atoms with Crippen molar-refractivity contribution in [3.8, 4) is 0 Å². The van der Waals surface area contributed by atoms with Crippen molar-refractivity contribution in [1.82, 2.24) is 0 Å². The second-order valence-electron chi connectivity index (χ2n) is 4.19. The first-order valence-corrected chi connectivity index (χ1v) is 7.93. The molecule has 0 saturated heterocycles. The summed E-state index contributed by atoms with van der Waals surface area (Å²) < 4.78 is 25.9. The van der Waals surface area contributed by atoms with E-state index in [0.717, 1.165) is 31.9 Å². The summed E-state index contributed by atoms with van der Waals surface area (Å²) in [5.74, 6) is 0. The quantitative estimate of drug-likeness (QED) is 0.413. The fourth-order valence-corrected chi connectivity index (χ4v) is 1.91. The van der Waals surface area contributed by atoms with E-state index in [1.807, 2.05) is 12.1 Å². The number of allylic oxidation sites excluding steroid dienone is 1. The fraction of sp³-hybridized carbons (Fsp3) is 0.429. The Hall–Kier alpha value is -1.13. The SMILES string of the molecule is CS(=O)(=O)OC/C=C/CCCCc1ccccc1. The van der Waals surface area contributed by atoms with Crippen LogP contribution >= 0.6 is 0 Å². The average molecular weight is 268 g/mol. The Labute approximate surface area is 110 Å². The second-order valence-corrected chi connectivity index (χ2v) is 5.84. The Kier molecular flexibility index (Phi) is 6.68. The average Bonchev–Trinajstić information content (AvgIpc) is 2.32. The van der Waals surface area contributed by atoms with Gasteiger partial charge in [-0.25, -0.2) is 0 Å². The van der Waals surface area contributed by atoms with Crippen LogP contribution in [0.4, 0.5) is 0 Å². The summed E-state index contributed by atoms with van der Waals surface area (Å²) in [6.45, 7) is 0.136. The Morgan fingerprint density at radius 3 is 2.50 bits per heavy atom. The minimum atomic E-state index is -3.31. The van der Waals surface area contributed by atoms with E-state index in [0.29, 0.717) is 0 Å². The first-order valence-electron chi connectivity index (χ1n) is 6.11. The van der Waals surface area contributed by atoms with E-state index in [1.54, 1.807) is 6.08 Å². The molecule has 1 rings (SSSR count). The molecule has 0 bridgehead atoms. The molecule has 0 N–H and O–H groups in total. The van der Waals surface area contributed by atoms with E-state index in [1.165, 1.54) is 5.56 Å². The lowest BCUT2D eigenvalue weighted by Gasteiger charge is -1.99. The largest absolute Gasteiger partial charge is 0.266 e. The molecule has 0 radical (unpaired) electrons. The molecule has 1 aromatic carbocycles. The van der Waals surface area contributed by atoms with Gasteiger partial charge in [0, 0.05) is 0 Å². The molecule has 18 heavy (non-hydrogen) atoms. The zero-order chi connectivity index (χ0) is 13.3. The molecule has 0 aliphatic heterocycles. The van der Waals surface area contributed by atoms with Crippen molar-refractivity contribution in [3.05, 3.63) is 48.0 Å². The number of hydrogen-bond acceptors (Lipinski definition) is 3. The van der Waals surface area contributed by atoms with Gasteiger partial charge >= 0.3 is 0 Å². The monoisotopic (exact) mass is 268 g/mol. The van der Waals surface area contributed by atoms with Gasteiger partial charge in [0.15, 0.2) is 0 Å². The van der Waals surface area contributed by atoms with Crippen molar-refractivity contribution < 1.29 is 12.6 Å². The third-order valence-corrected chi connectivity index (χ3v) is 3.04. The van der Waals surface area contributed by atoms with Gasteiger partial charge in [0.2, 0.25) is 0 Å². The van der Waals surface area contributed by atoms with E-state index in [4.69, 9.17) is 0 Å². The van der Waals surface area contributed by atoms with Crippen LogP contribution in [0.2, 0.25) is 0 Å². The van der Waals surface area contributed by atoms with Gasteiger partial charge in [-0.1, -0.05) is 42.5 Å². The predicted octanol–water partition coefficient (Wildman–Crippen LogP) is 2.93. The van der Waals surface area contributed by atoms with Crippen molar-refractivity contribution in [1.29, 1.82) is 0 Å². The molecule has 0 aliphatic rings. The first-order chi connectivity index (χ1) is 8.58. The van der Waals surface area contributed by atoms with Gasteiger partial charge in [-0.15, -0.1) is 0 Å². The van der Waals surface area contributed by atoms with Gasteiger partial charge < -0.3 is 0 Å². The predicted molar refractivity (Wildman–Crippen MR) is 73.9 cm³/mol. The molecule has 0 aliphatic carbocycles. The van der Waals surface area contributed by atoms with Crippen molar-refractivity contribution in [2.24, 2.45) is 0 Å². The van der Waals surface area contributed by atoms with Crippen LogP contribution in [0, 0.1) is 0 Å². The number of benzene rings is 1. The molecule has 3 nitrogen and oxygen atoms in total. The highest BCUT2D eigenvalue weighted by atomic mass is 32.2. The smallest absolute Gasteiger partial charge is 0.264 e. The zero-order valence-corrected chi connectivity index (χ0v) is 11.5. The molecular formula is C14H20O3S. The molecule has 0 spiro atoms. The third kappa shape index (κ3) is 8.03. The Bertz CT molecular complexity index is 449. The summed E-state index contributed by atoms with van der Waals surface area (Å²) in [5, 5.41) is 0. The molecule has 0 fully saturated rings. The maximum absolute atomic E-state index is 10.7. The van der Waals surface area contributed by atoms with Crippen LogP contribution < -0.4 is 0 Å². The fourth-order valence-electron chi connectivity index (χ4n) is 1.58. The standard InChI is InChI=1S/C14H20O3S/c1-18(15,16)17-13-9-4-2-3-6-10-14-11-7-5-8-12-14/h4-5,7-9,11-12H,2-3,6,10,13H2,1H3/b9-4+. The topological polar surface area (TPSA) is 43.4 Å². The molecule has 0 saturated carbocycles. The van der Waals surface area contributed by atoms with Crippen molar-refractivity contribution in [2.75, 3.05) is 12.9 Å². The Morgan fingerprint density at radius 2 is 1.83 bits per heavy atom. The maximum atomic E-state index is 10.7. The van der Waals surface area contributed by atoms with Gasteiger partial charge in [0.25, 0.3) is 10.1 Å². The summed E-state index contributed by atoms with van der Waals surface area (Å²) in [6.07, 6.45) is 9.07. The number of aryl methyl sites for hydroxylation is 1. The summed E-state index contributed by atoms with van der Waals surface area (Å²) in [5.41, 5.74) is 1.36. The van der Waals surface area contributed by atoms with Gasteiger partial charge in [-0.2, -0.15) is 8.42 Å². The zero-order valence-electron chi connectivity index (χ0n) is 10.7. The van der Waals surface area contributed by atoms with Crippen molar-refractivity contribution in [3.63, 3.8) is 0 Å². The van der Waals surface area contributed by atoms with Crippen LogP contribution in [0.15, 0.2) is 42.5 Å². The maximum Gasteiger partial charge on any atom is 0.264 e. The molecular weight excluding hydrogens is 248 g/mol. The van der Waals surface area contributed by atoms with Crippen LogP contribution in [-0.2, 0) is 20.7 Å². The minimum absolute atomic E-state index is 0.136. The second kappa shape index (κ2) is 8.06. The van der Waals surface area contributed by atoms with Crippen LogP contribution in [0.5, 0.6) is 0 Å². The summed E-state index contributed by atoms with van der Waals surface area (Å²) in [4.78, 5) is 0. The third-order valence-electron chi connectivity index (χ3n) is 2.47. The molecule has 0 amide bonds. The van der Waals surface area contributed by atoms with Gasteiger partial charge in [0.1, 0.15) is 0 Å².